The Bertz CT molecular complexity index is 818. The summed E-state index contributed by atoms with van der Waals surface area (Å²) in [6.45, 7) is 0. The van der Waals surface area contributed by atoms with Crippen molar-refractivity contribution in [3.63, 3.8) is 0 Å². The van der Waals surface area contributed by atoms with Crippen LogP contribution < -0.4 is 0 Å². The van der Waals surface area contributed by atoms with Gasteiger partial charge in [0.1, 0.15) is 0 Å². The van der Waals surface area contributed by atoms with E-state index in [2.05, 4.69) is 27.1 Å². The van der Waals surface area contributed by atoms with Crippen LogP contribution in [0.3, 0.4) is 0 Å². The fraction of sp³-hybridized carbons (Fsp3) is 0. The number of fused-ring (bicyclic) bond motifs is 3. The minimum Gasteiger partial charge on any atom is -0.361 e. The fourth-order valence-corrected chi connectivity index (χ4v) is 2.57. The zero-order valence-electron chi connectivity index (χ0n) is 10.2. The minimum atomic E-state index is 0.970. The van der Waals surface area contributed by atoms with Gasteiger partial charge in [0.15, 0.2) is 0 Å². The number of aromatic nitrogens is 3. The predicted molar refractivity (Wildman–Crippen MR) is 75.9 cm³/mol. The Hall–Kier alpha value is -2.68. The Morgan fingerprint density at radius 3 is 2.68 bits per heavy atom. The van der Waals surface area contributed by atoms with E-state index in [4.69, 9.17) is 0 Å². The van der Waals surface area contributed by atoms with E-state index in [-0.39, 0.29) is 0 Å². The van der Waals surface area contributed by atoms with Crippen molar-refractivity contribution in [3.05, 3.63) is 61.1 Å². The summed E-state index contributed by atoms with van der Waals surface area (Å²) in [4.78, 5) is 12.3. The van der Waals surface area contributed by atoms with Gasteiger partial charge < -0.3 is 4.98 Å². The summed E-state index contributed by atoms with van der Waals surface area (Å²) in [5.41, 5.74) is 5.35. The van der Waals surface area contributed by atoms with E-state index in [1.54, 1.807) is 0 Å². The molecule has 2 aliphatic rings. The number of H-pyrrole nitrogens is 1. The molecule has 0 aromatic carbocycles. The molecule has 1 aliphatic carbocycles. The van der Waals surface area contributed by atoms with Gasteiger partial charge >= 0.3 is 0 Å². The van der Waals surface area contributed by atoms with Gasteiger partial charge in [0.25, 0.3) is 0 Å². The van der Waals surface area contributed by atoms with E-state index in [0.29, 0.717) is 0 Å². The van der Waals surface area contributed by atoms with Crippen molar-refractivity contribution in [2.45, 2.75) is 0 Å². The van der Waals surface area contributed by atoms with Gasteiger partial charge in [0, 0.05) is 35.1 Å². The van der Waals surface area contributed by atoms with Crippen LogP contribution in [0.1, 0.15) is 0 Å². The van der Waals surface area contributed by atoms with Crippen molar-refractivity contribution < 1.29 is 0 Å². The number of hydrogen-bond donors (Lipinski definition) is 1. The van der Waals surface area contributed by atoms with Gasteiger partial charge in [-0.1, -0.05) is 12.1 Å². The molecule has 0 bridgehead atoms. The molecule has 0 unspecified atom stereocenters. The maximum absolute atomic E-state index is 4.51. The lowest BCUT2D eigenvalue weighted by atomic mass is 10.1. The van der Waals surface area contributed by atoms with Gasteiger partial charge in [-0.2, -0.15) is 0 Å². The van der Waals surface area contributed by atoms with E-state index in [0.717, 1.165) is 33.4 Å². The molecular formula is C16H11N3. The average molecular weight is 245 g/mol. The van der Waals surface area contributed by atoms with Crippen molar-refractivity contribution in [1.82, 2.24) is 15.0 Å². The van der Waals surface area contributed by atoms with Crippen molar-refractivity contribution in [2.75, 3.05) is 0 Å². The number of aromatic amines is 1. The van der Waals surface area contributed by atoms with Gasteiger partial charge in [-0.05, 0) is 30.3 Å². The van der Waals surface area contributed by atoms with Gasteiger partial charge in [-0.25, -0.2) is 0 Å². The molecule has 0 saturated carbocycles. The Morgan fingerprint density at radius 2 is 1.79 bits per heavy atom. The fourth-order valence-electron chi connectivity index (χ4n) is 2.57. The van der Waals surface area contributed by atoms with Gasteiger partial charge in [-0.3, -0.25) is 9.97 Å². The molecule has 3 heterocycles. The quantitative estimate of drug-likeness (QED) is 0.555. The van der Waals surface area contributed by atoms with Crippen LogP contribution in [0.15, 0.2) is 61.1 Å². The van der Waals surface area contributed by atoms with Gasteiger partial charge in [-0.15, -0.1) is 0 Å². The highest BCUT2D eigenvalue weighted by Crippen LogP contribution is 2.41. The topological polar surface area (TPSA) is 41.6 Å². The van der Waals surface area contributed by atoms with Crippen LogP contribution in [0.5, 0.6) is 0 Å². The second kappa shape index (κ2) is 3.92. The molecule has 0 fully saturated rings. The van der Waals surface area contributed by atoms with E-state index < -0.39 is 0 Å². The summed E-state index contributed by atoms with van der Waals surface area (Å²) in [6, 6.07) is 14.1. The SMILES string of the molecule is c1ccc(-c2c3[nH]cccc-3c3ncccc23)nc1. The molecule has 1 aliphatic heterocycles. The Balaban J connectivity index is 2.19. The number of rotatable bonds is 1. The zero-order valence-corrected chi connectivity index (χ0v) is 10.2. The van der Waals surface area contributed by atoms with E-state index in [1.807, 2.05) is 48.9 Å². The van der Waals surface area contributed by atoms with E-state index in [1.165, 1.54) is 0 Å². The summed E-state index contributed by atoms with van der Waals surface area (Å²) in [5.74, 6) is 0. The first kappa shape index (κ1) is 10.3. The van der Waals surface area contributed by atoms with Crippen molar-refractivity contribution in [2.24, 2.45) is 0 Å². The molecular weight excluding hydrogens is 234 g/mol. The molecule has 2 aromatic rings. The van der Waals surface area contributed by atoms with Crippen molar-refractivity contribution in [3.8, 4) is 22.5 Å². The lowest BCUT2D eigenvalue weighted by Crippen LogP contribution is -1.85. The molecule has 0 amide bonds. The minimum absolute atomic E-state index is 0.970. The maximum Gasteiger partial charge on any atom is 0.0802 e. The van der Waals surface area contributed by atoms with Gasteiger partial charge in [0.2, 0.25) is 0 Å². The van der Waals surface area contributed by atoms with Crippen molar-refractivity contribution in [1.29, 1.82) is 0 Å². The molecule has 0 spiro atoms. The molecule has 3 nitrogen and oxygen atoms in total. The lowest BCUT2D eigenvalue weighted by molar-refractivity contribution is 1.30. The summed E-state index contributed by atoms with van der Waals surface area (Å²) in [7, 11) is 0. The predicted octanol–water partition coefficient (Wildman–Crippen LogP) is 3.73. The molecule has 0 atom stereocenters. The number of pyridine rings is 3. The first-order valence-corrected chi connectivity index (χ1v) is 6.20. The third-order valence-corrected chi connectivity index (χ3v) is 3.36. The number of nitrogens with one attached hydrogen (secondary N) is 1. The van der Waals surface area contributed by atoms with Crippen LogP contribution in [0.4, 0.5) is 0 Å². The second-order valence-corrected chi connectivity index (χ2v) is 4.45. The van der Waals surface area contributed by atoms with Crippen LogP contribution in [-0.2, 0) is 0 Å². The molecule has 4 rings (SSSR count). The summed E-state index contributed by atoms with van der Waals surface area (Å²) < 4.78 is 0. The van der Waals surface area contributed by atoms with E-state index >= 15 is 0 Å². The van der Waals surface area contributed by atoms with Gasteiger partial charge in [0.05, 0.1) is 16.9 Å². The molecule has 90 valence electrons. The van der Waals surface area contributed by atoms with Crippen LogP contribution in [-0.4, -0.2) is 15.0 Å². The van der Waals surface area contributed by atoms with Crippen LogP contribution >= 0.6 is 0 Å². The Morgan fingerprint density at radius 1 is 0.842 bits per heavy atom. The third-order valence-electron chi connectivity index (χ3n) is 3.36. The Labute approximate surface area is 110 Å². The summed E-state index contributed by atoms with van der Waals surface area (Å²) in [6.07, 6.45) is 5.59. The first-order valence-electron chi connectivity index (χ1n) is 6.20. The largest absolute Gasteiger partial charge is 0.361 e. The van der Waals surface area contributed by atoms with E-state index in [9.17, 15) is 0 Å². The first-order chi connectivity index (χ1) is 9.45. The highest BCUT2D eigenvalue weighted by atomic mass is 14.8. The van der Waals surface area contributed by atoms with Crippen LogP contribution in [0.2, 0.25) is 0 Å². The smallest absolute Gasteiger partial charge is 0.0802 e. The second-order valence-electron chi connectivity index (χ2n) is 4.45. The lowest BCUT2D eigenvalue weighted by Gasteiger charge is -2.03. The normalized spacial score (nSPS) is 11.2. The maximum atomic E-state index is 4.51. The monoisotopic (exact) mass is 245 g/mol. The average Bonchev–Trinajstić information content (AvgIpc) is 2.83. The molecule has 1 N–H and O–H groups in total. The zero-order chi connectivity index (χ0) is 12.7. The summed E-state index contributed by atoms with van der Waals surface area (Å²) in [5, 5.41) is 1.14. The van der Waals surface area contributed by atoms with Crippen LogP contribution in [0.25, 0.3) is 33.4 Å². The molecule has 3 heteroatoms. The molecule has 2 aromatic heterocycles. The Kier molecular flexibility index (Phi) is 2.12. The third kappa shape index (κ3) is 1.45. The number of nitrogens with zero attached hydrogens (tertiary/aromatic N) is 2. The molecule has 19 heavy (non-hydrogen) atoms. The number of hydrogen-bond acceptors (Lipinski definition) is 2. The standard InChI is InChI=1S/C16H11N3/c1-2-8-17-13(7-1)14-11-5-3-9-18-15(11)12-6-4-10-19-16(12)14/h1-10,19H. The van der Waals surface area contributed by atoms with Crippen LogP contribution in [0, 0.1) is 0 Å². The molecule has 0 saturated heterocycles. The molecule has 0 radical (unpaired) electrons. The summed E-state index contributed by atoms with van der Waals surface area (Å²) >= 11 is 0. The van der Waals surface area contributed by atoms with Crippen molar-refractivity contribution >= 4 is 10.9 Å². The highest BCUT2D eigenvalue weighted by molar-refractivity contribution is 6.11. The highest BCUT2D eigenvalue weighted by Gasteiger charge is 2.19.